The van der Waals surface area contributed by atoms with E-state index in [-0.39, 0.29) is 5.37 Å². The summed E-state index contributed by atoms with van der Waals surface area (Å²) in [5.41, 5.74) is 0. The summed E-state index contributed by atoms with van der Waals surface area (Å²) in [6, 6.07) is 0. The molecule has 3 nitrogen and oxygen atoms in total. The van der Waals surface area contributed by atoms with Gasteiger partial charge in [-0.2, -0.15) is 4.72 Å². The van der Waals surface area contributed by atoms with Crippen LogP contribution in [0.1, 0.15) is 13.3 Å². The monoisotopic (exact) mass is 121 g/mol. The summed E-state index contributed by atoms with van der Waals surface area (Å²) in [5.74, 6) is 0. The molecule has 1 saturated heterocycles. The maximum Gasteiger partial charge on any atom is 0.229 e. The van der Waals surface area contributed by atoms with Crippen LogP contribution in [0, 0.1) is 0 Å². The van der Waals surface area contributed by atoms with Gasteiger partial charge in [-0.15, -0.1) is 0 Å². The number of nitrogens with one attached hydrogen (secondary N) is 1. The summed E-state index contributed by atoms with van der Waals surface area (Å²) in [6.07, 6.45) is 0.683. The molecule has 1 rings (SSSR count). The molecule has 0 radical (unpaired) electrons. The number of sulfonamides is 1. The Morgan fingerprint density at radius 3 is 2.14 bits per heavy atom. The van der Waals surface area contributed by atoms with E-state index in [4.69, 9.17) is 0 Å². The molecular formula is C3H7NO2S. The van der Waals surface area contributed by atoms with Gasteiger partial charge in [-0.25, -0.2) is 8.42 Å². The second-order valence-electron chi connectivity index (χ2n) is 1.56. The lowest BCUT2D eigenvalue weighted by atomic mass is 10.5. The quantitative estimate of drug-likeness (QED) is 0.482. The Labute approximate surface area is 42.8 Å². The summed E-state index contributed by atoms with van der Waals surface area (Å²) >= 11 is 0. The molecule has 1 unspecified atom stereocenters. The van der Waals surface area contributed by atoms with Gasteiger partial charge in [0.15, 0.2) is 0 Å². The van der Waals surface area contributed by atoms with Gasteiger partial charge in [0, 0.05) is 0 Å². The molecule has 42 valence electrons. The first kappa shape index (κ1) is 5.05. The van der Waals surface area contributed by atoms with Crippen LogP contribution < -0.4 is 4.72 Å². The van der Waals surface area contributed by atoms with Crippen LogP contribution >= 0.6 is 0 Å². The van der Waals surface area contributed by atoms with Crippen molar-refractivity contribution in [2.75, 3.05) is 0 Å². The first-order chi connectivity index (χ1) is 3.17. The molecular weight excluding hydrogens is 114 g/mol. The van der Waals surface area contributed by atoms with Crippen molar-refractivity contribution < 1.29 is 8.42 Å². The first-order valence-electron chi connectivity index (χ1n) is 2.18. The standard InChI is InChI=1S/C3H7NO2S/c1-2-3-4-7(3,5)6/h3-4H,2H2,1H3. The Kier molecular flexibility index (Phi) is 0.864. The fraction of sp³-hybridized carbons (Fsp3) is 1.00. The highest BCUT2D eigenvalue weighted by Crippen LogP contribution is 2.14. The van der Waals surface area contributed by atoms with E-state index in [1.54, 1.807) is 0 Å². The highest BCUT2D eigenvalue weighted by Gasteiger charge is 2.40. The molecule has 7 heavy (non-hydrogen) atoms. The Bertz CT molecular complexity index is 160. The van der Waals surface area contributed by atoms with Crippen LogP contribution in [0.2, 0.25) is 0 Å². The molecule has 0 aromatic carbocycles. The van der Waals surface area contributed by atoms with Crippen molar-refractivity contribution in [3.8, 4) is 0 Å². The van der Waals surface area contributed by atoms with E-state index in [0.29, 0.717) is 6.42 Å². The van der Waals surface area contributed by atoms with Crippen molar-refractivity contribution in [1.82, 2.24) is 4.72 Å². The van der Waals surface area contributed by atoms with E-state index in [0.717, 1.165) is 0 Å². The molecule has 0 spiro atoms. The van der Waals surface area contributed by atoms with Crippen LogP contribution in [0.4, 0.5) is 0 Å². The molecule has 1 atom stereocenters. The van der Waals surface area contributed by atoms with Crippen molar-refractivity contribution in [3.63, 3.8) is 0 Å². The van der Waals surface area contributed by atoms with E-state index in [9.17, 15) is 8.42 Å². The molecule has 1 aliphatic heterocycles. The summed E-state index contributed by atoms with van der Waals surface area (Å²) in [4.78, 5) is 0. The van der Waals surface area contributed by atoms with Gasteiger partial charge in [0.25, 0.3) is 0 Å². The zero-order chi connectivity index (χ0) is 5.49. The molecule has 1 N–H and O–H groups in total. The predicted molar refractivity (Wildman–Crippen MR) is 26.1 cm³/mol. The molecule has 0 aromatic rings. The van der Waals surface area contributed by atoms with E-state index in [1.165, 1.54) is 0 Å². The van der Waals surface area contributed by atoms with Crippen molar-refractivity contribution in [2.45, 2.75) is 18.7 Å². The van der Waals surface area contributed by atoms with E-state index < -0.39 is 10.0 Å². The SMILES string of the molecule is CCC1NS1(=O)=O. The van der Waals surface area contributed by atoms with Crippen LogP contribution in [-0.2, 0) is 10.0 Å². The molecule has 0 aliphatic carbocycles. The van der Waals surface area contributed by atoms with Crippen molar-refractivity contribution in [2.24, 2.45) is 0 Å². The van der Waals surface area contributed by atoms with E-state index >= 15 is 0 Å². The maximum absolute atomic E-state index is 10.2. The van der Waals surface area contributed by atoms with Gasteiger partial charge in [0.1, 0.15) is 5.37 Å². The molecule has 0 saturated carbocycles. The summed E-state index contributed by atoms with van der Waals surface area (Å²) in [7, 11) is -2.76. The van der Waals surface area contributed by atoms with Gasteiger partial charge in [0.2, 0.25) is 10.0 Å². The van der Waals surface area contributed by atoms with Gasteiger partial charge < -0.3 is 0 Å². The topological polar surface area (TPSA) is 56.1 Å². The summed E-state index contributed by atoms with van der Waals surface area (Å²) in [6.45, 7) is 1.84. The molecule has 1 fully saturated rings. The van der Waals surface area contributed by atoms with Gasteiger partial charge in [0.05, 0.1) is 0 Å². The lowest BCUT2D eigenvalue weighted by Crippen LogP contribution is -1.83. The minimum atomic E-state index is -2.76. The van der Waals surface area contributed by atoms with Crippen molar-refractivity contribution in [1.29, 1.82) is 0 Å². The minimum absolute atomic E-state index is 0.229. The Hall–Kier alpha value is -0.0900. The zero-order valence-electron chi connectivity index (χ0n) is 4.01. The van der Waals surface area contributed by atoms with Crippen molar-refractivity contribution >= 4 is 10.0 Å². The lowest BCUT2D eigenvalue weighted by Gasteiger charge is -1.68. The first-order valence-corrected chi connectivity index (χ1v) is 3.72. The highest BCUT2D eigenvalue weighted by atomic mass is 32.2. The third-order valence-electron chi connectivity index (χ3n) is 0.984. The van der Waals surface area contributed by atoms with Crippen LogP contribution in [0.15, 0.2) is 0 Å². The molecule has 1 aliphatic rings. The zero-order valence-corrected chi connectivity index (χ0v) is 4.83. The Morgan fingerprint density at radius 1 is 1.71 bits per heavy atom. The summed E-state index contributed by atoms with van der Waals surface area (Å²) < 4.78 is 22.7. The largest absolute Gasteiger partial charge is 0.229 e. The van der Waals surface area contributed by atoms with Crippen molar-refractivity contribution in [3.05, 3.63) is 0 Å². The number of hydrogen-bond donors (Lipinski definition) is 1. The molecule has 4 heteroatoms. The van der Waals surface area contributed by atoms with Gasteiger partial charge in [-0.05, 0) is 6.42 Å². The average Bonchev–Trinajstić information content (AvgIpc) is 2.13. The molecule has 0 aromatic heterocycles. The number of hydrogen-bond acceptors (Lipinski definition) is 2. The lowest BCUT2D eigenvalue weighted by molar-refractivity contribution is 0.610. The Morgan fingerprint density at radius 2 is 2.14 bits per heavy atom. The van der Waals surface area contributed by atoms with Crippen LogP contribution in [0.3, 0.4) is 0 Å². The average molecular weight is 121 g/mol. The van der Waals surface area contributed by atoms with Crippen LogP contribution in [0.25, 0.3) is 0 Å². The third kappa shape index (κ3) is 0.759. The van der Waals surface area contributed by atoms with E-state index in [2.05, 4.69) is 4.72 Å². The fourth-order valence-electron chi connectivity index (χ4n) is 0.458. The van der Waals surface area contributed by atoms with E-state index in [1.807, 2.05) is 6.92 Å². The molecule has 1 heterocycles. The normalized spacial score (nSPS) is 35.3. The van der Waals surface area contributed by atoms with Gasteiger partial charge >= 0.3 is 0 Å². The molecule has 0 amide bonds. The van der Waals surface area contributed by atoms with Crippen LogP contribution in [0.5, 0.6) is 0 Å². The predicted octanol–water partition coefficient (Wildman–Crippen LogP) is -0.344. The molecule has 0 bridgehead atoms. The second kappa shape index (κ2) is 1.20. The van der Waals surface area contributed by atoms with Crippen LogP contribution in [-0.4, -0.2) is 13.8 Å². The van der Waals surface area contributed by atoms with Gasteiger partial charge in [-0.1, -0.05) is 6.92 Å². The maximum atomic E-state index is 10.2. The smallest absolute Gasteiger partial charge is 0.211 e. The number of rotatable bonds is 1. The minimum Gasteiger partial charge on any atom is -0.211 e. The second-order valence-corrected chi connectivity index (χ2v) is 3.45. The Balaban J connectivity index is 2.62. The fourth-order valence-corrected chi connectivity index (χ4v) is 1.61. The summed E-state index contributed by atoms with van der Waals surface area (Å²) in [5, 5.41) is -0.229. The third-order valence-corrected chi connectivity index (χ3v) is 2.54. The van der Waals surface area contributed by atoms with Gasteiger partial charge in [-0.3, -0.25) is 0 Å². The highest BCUT2D eigenvalue weighted by molar-refractivity contribution is 7.96.